The van der Waals surface area contributed by atoms with Gasteiger partial charge in [0.1, 0.15) is 0 Å². The summed E-state index contributed by atoms with van der Waals surface area (Å²) in [5.41, 5.74) is 6.40. The zero-order chi connectivity index (χ0) is 27.3. The summed E-state index contributed by atoms with van der Waals surface area (Å²) in [6, 6.07) is 6.22. The first-order valence-corrected chi connectivity index (χ1v) is 13.2. The Bertz CT molecular complexity index is 1080. The van der Waals surface area contributed by atoms with Crippen LogP contribution in [-0.4, -0.2) is 64.7 Å². The zero-order valence-corrected chi connectivity index (χ0v) is 25.5. The fraction of sp³-hybridized carbons (Fsp3) is 0.417. The van der Waals surface area contributed by atoms with Gasteiger partial charge in [-0.05, 0) is 76.8 Å². The molecule has 35 heavy (non-hydrogen) atoms. The number of hydrogen-bond donors (Lipinski definition) is 0. The van der Waals surface area contributed by atoms with Crippen molar-refractivity contribution in [2.45, 2.75) is 62.3 Å². The molecule has 0 aliphatic rings. The van der Waals surface area contributed by atoms with E-state index >= 15 is 0 Å². The molecule has 0 unspecified atom stereocenters. The van der Waals surface area contributed by atoms with E-state index in [1.807, 2.05) is 53.7 Å². The van der Waals surface area contributed by atoms with Gasteiger partial charge in [-0.2, -0.15) is 0 Å². The third-order valence-corrected chi connectivity index (χ3v) is 5.98. The van der Waals surface area contributed by atoms with E-state index in [0.717, 1.165) is 34.2 Å². The first-order chi connectivity index (χ1) is 16.4. The maximum Gasteiger partial charge on any atom is 0.261 e. The molecule has 8 nitrogen and oxygen atoms in total. The smallest absolute Gasteiger partial charge is 0.261 e. The minimum atomic E-state index is -0.226. The summed E-state index contributed by atoms with van der Waals surface area (Å²) in [7, 11) is -0.226. The van der Waals surface area contributed by atoms with Crippen LogP contribution in [0.4, 0.5) is 0 Å². The number of nitrogens with zero attached hydrogens (tertiary/aromatic N) is 6. The monoisotopic (exact) mass is 625 g/mol. The summed E-state index contributed by atoms with van der Waals surface area (Å²) in [4.78, 5) is 18.6. The van der Waals surface area contributed by atoms with Crippen LogP contribution in [-0.2, 0) is 28.7 Å². The molecule has 0 aliphatic heterocycles. The molecule has 1 radical (unpaired) electrons. The minimum absolute atomic E-state index is 0.166. The van der Waals surface area contributed by atoms with Crippen LogP contribution in [0.15, 0.2) is 18.2 Å². The second kappa shape index (κ2) is 15.6. The minimum Gasteiger partial charge on any atom is -0.545 e. The van der Waals surface area contributed by atoms with E-state index in [9.17, 15) is 0 Å². The third kappa shape index (κ3) is 10.4. The summed E-state index contributed by atoms with van der Waals surface area (Å²) in [6.45, 7) is 25.0. The van der Waals surface area contributed by atoms with E-state index < -0.39 is 0 Å². The SMILES string of the molecule is CC(C)(C)C#C[Se][C]#[Mo].Cc1cc(C)n([B-](n2nc(C)cc2C)n2nc(C)cc2C)n1.[CH-]=O.[CH-]=O. The summed E-state index contributed by atoms with van der Waals surface area (Å²) in [5.74, 6) is 3.14. The molecule has 0 fully saturated rings. The number of aryl methyl sites for hydroxylation is 6. The molecule has 0 saturated heterocycles. The summed E-state index contributed by atoms with van der Waals surface area (Å²) in [5, 5.41) is 14.0. The van der Waals surface area contributed by atoms with E-state index in [0.29, 0.717) is 15.0 Å². The van der Waals surface area contributed by atoms with E-state index in [1.165, 1.54) is 0 Å². The molecule has 3 rings (SSSR count). The van der Waals surface area contributed by atoms with Gasteiger partial charge in [-0.25, -0.2) is 15.3 Å². The van der Waals surface area contributed by atoms with Crippen LogP contribution in [0.5, 0.6) is 0 Å². The molecule has 188 valence electrons. The molecule has 0 aromatic carbocycles. The Balaban J connectivity index is 0.000000753. The molecule has 3 heterocycles. The van der Waals surface area contributed by atoms with Gasteiger partial charge >= 0.3 is 74.1 Å². The van der Waals surface area contributed by atoms with E-state index in [1.54, 1.807) is 0 Å². The number of carbonyl (C=O) groups excluding carboxylic acids is 2. The van der Waals surface area contributed by atoms with Gasteiger partial charge in [0.25, 0.3) is 7.12 Å². The molecule has 0 amide bonds. The van der Waals surface area contributed by atoms with Crippen LogP contribution in [0, 0.1) is 60.8 Å². The first-order valence-electron chi connectivity index (χ1n) is 10.5. The van der Waals surface area contributed by atoms with Crippen LogP contribution < -0.4 is 0 Å². The number of hydrogen-bond acceptors (Lipinski definition) is 5. The fourth-order valence-electron chi connectivity index (χ4n) is 3.15. The number of aromatic nitrogens is 6. The third-order valence-electron chi connectivity index (χ3n) is 4.31. The predicted octanol–water partition coefficient (Wildman–Crippen LogP) is 2.67. The molecule has 3 aromatic rings. The normalized spacial score (nSPS) is 9.86. The quantitative estimate of drug-likeness (QED) is 0.194. The molecule has 0 aliphatic carbocycles. The maximum atomic E-state index is 7.75. The Morgan fingerprint density at radius 3 is 1.29 bits per heavy atom. The van der Waals surface area contributed by atoms with Crippen LogP contribution in [0.2, 0.25) is 0 Å². The van der Waals surface area contributed by atoms with Gasteiger partial charge in [0.2, 0.25) is 0 Å². The van der Waals surface area contributed by atoms with Gasteiger partial charge in [-0.3, -0.25) is 13.6 Å². The van der Waals surface area contributed by atoms with Crippen molar-refractivity contribution in [1.82, 2.24) is 29.1 Å². The van der Waals surface area contributed by atoms with Crippen LogP contribution in [0.3, 0.4) is 0 Å². The van der Waals surface area contributed by atoms with Gasteiger partial charge in [-0.1, -0.05) is 0 Å². The average Bonchev–Trinajstić information content (AvgIpc) is 3.41. The van der Waals surface area contributed by atoms with Gasteiger partial charge in [-0.15, -0.1) is 0 Å². The van der Waals surface area contributed by atoms with E-state index in [4.69, 9.17) is 9.59 Å². The van der Waals surface area contributed by atoms with Crippen molar-refractivity contribution in [2.75, 3.05) is 0 Å². The fourth-order valence-corrected chi connectivity index (χ4v) is 4.52. The first kappa shape index (κ1) is 32.6. The topological polar surface area (TPSA) is 87.6 Å². The van der Waals surface area contributed by atoms with Crippen molar-refractivity contribution < 1.29 is 28.7 Å². The van der Waals surface area contributed by atoms with Crippen molar-refractivity contribution >= 4 is 35.7 Å². The molecule has 3 aromatic heterocycles. The van der Waals surface area contributed by atoms with Gasteiger partial charge < -0.3 is 23.4 Å². The largest absolute Gasteiger partial charge is 0.545 e. The Kier molecular flexibility index (Phi) is 14.5. The molecule has 0 N–H and O–H groups in total. The Hall–Kier alpha value is -2.42. The van der Waals surface area contributed by atoms with E-state index in [-0.39, 0.29) is 12.5 Å². The second-order valence-electron chi connectivity index (χ2n) is 8.62. The standard InChI is InChI=1S/C15H21BN6.C7H9Se.2CHO.Mo/c1-10-7-13(4)20(17-10)16(21-14(5)8-11(2)18-21)22-15(6)9-12(3)19-22;1-7(2,3)5-6-8-4;2*1-2;/h7-9H,1-6H3;1-3H3;2*1H;/q-1;;2*-1;. The van der Waals surface area contributed by atoms with E-state index in [2.05, 4.69) is 102 Å². The summed E-state index contributed by atoms with van der Waals surface area (Å²) >= 11 is 2.18. The van der Waals surface area contributed by atoms with Crippen molar-refractivity contribution in [3.8, 4) is 13.8 Å². The van der Waals surface area contributed by atoms with Crippen LogP contribution in [0.25, 0.3) is 0 Å². The second-order valence-corrected chi connectivity index (χ2v) is 12.0. The molecule has 11 heteroatoms. The van der Waals surface area contributed by atoms with Crippen molar-refractivity contribution in [3.05, 3.63) is 52.4 Å². The Labute approximate surface area is 226 Å². The summed E-state index contributed by atoms with van der Waals surface area (Å²) < 4.78 is 8.98. The van der Waals surface area contributed by atoms with Gasteiger partial charge in [0.05, 0.1) is 17.1 Å². The van der Waals surface area contributed by atoms with Gasteiger partial charge in [0.15, 0.2) is 0 Å². The van der Waals surface area contributed by atoms with Crippen LogP contribution >= 0.6 is 0 Å². The Morgan fingerprint density at radius 1 is 0.771 bits per heavy atom. The van der Waals surface area contributed by atoms with Crippen molar-refractivity contribution in [1.29, 1.82) is 0 Å². The van der Waals surface area contributed by atoms with Crippen molar-refractivity contribution in [2.24, 2.45) is 5.41 Å². The van der Waals surface area contributed by atoms with Crippen molar-refractivity contribution in [3.63, 3.8) is 0 Å². The molecular weight excluding hydrogens is 590 g/mol. The Morgan fingerprint density at radius 2 is 1.09 bits per heavy atom. The maximum absolute atomic E-state index is 7.75. The predicted molar refractivity (Wildman–Crippen MR) is 137 cm³/mol. The molecule has 0 atom stereocenters. The average molecular weight is 622 g/mol. The molecule has 0 saturated carbocycles. The summed E-state index contributed by atoms with van der Waals surface area (Å²) in [6.07, 6.45) is 0. The molecule has 0 bridgehead atoms. The zero-order valence-electron chi connectivity index (χ0n) is 21.8. The molecule has 0 spiro atoms. The molecular formula is C24H32BMoN6O2Se-3. The van der Waals surface area contributed by atoms with Crippen LogP contribution in [0.1, 0.15) is 54.9 Å². The van der Waals surface area contributed by atoms with Gasteiger partial charge in [0, 0.05) is 0 Å². The number of rotatable bonds is 3.